The molecule has 2 rings (SSSR count). The van der Waals surface area contributed by atoms with E-state index in [-0.39, 0.29) is 0 Å². The number of ether oxygens (including phenoxy) is 1. The summed E-state index contributed by atoms with van der Waals surface area (Å²) in [4.78, 5) is 0. The Kier molecular flexibility index (Phi) is 4.90. The average Bonchev–Trinajstić information content (AvgIpc) is 2.40. The molecule has 1 nitrogen and oxygen atoms in total. The number of benzene rings is 1. The molecule has 0 unspecified atom stereocenters. The number of rotatable bonds is 4. The minimum Gasteiger partial charge on any atom is -0.490 e. The molecule has 0 aliphatic heterocycles. The van der Waals surface area contributed by atoms with Gasteiger partial charge >= 0.3 is 0 Å². The van der Waals surface area contributed by atoms with Crippen molar-refractivity contribution in [3.8, 4) is 5.75 Å². The lowest BCUT2D eigenvalue weighted by Crippen LogP contribution is -2.23. The Hall–Kier alpha value is -0.500. The van der Waals surface area contributed by atoms with E-state index >= 15 is 0 Å². The summed E-state index contributed by atoms with van der Waals surface area (Å²) in [5, 5.41) is 0.896. The van der Waals surface area contributed by atoms with E-state index in [0.29, 0.717) is 6.10 Å². The predicted octanol–water partition coefficient (Wildman–Crippen LogP) is 4.93. The third-order valence-electron chi connectivity index (χ3n) is 3.73. The van der Waals surface area contributed by atoms with Gasteiger partial charge in [-0.1, -0.05) is 41.4 Å². The summed E-state index contributed by atoms with van der Waals surface area (Å²) in [6.07, 6.45) is 6.86. The van der Waals surface area contributed by atoms with Crippen LogP contribution in [0.3, 0.4) is 0 Å². The van der Waals surface area contributed by atoms with Gasteiger partial charge in [0.05, 0.1) is 6.10 Å². The van der Waals surface area contributed by atoms with E-state index in [1.807, 2.05) is 0 Å². The molecule has 1 aromatic carbocycles. The molecule has 0 bridgehead atoms. The molecule has 0 N–H and O–H groups in total. The van der Waals surface area contributed by atoms with E-state index in [0.717, 1.165) is 17.0 Å². The zero-order chi connectivity index (χ0) is 12.1. The third kappa shape index (κ3) is 3.74. The van der Waals surface area contributed by atoms with Gasteiger partial charge in [-0.15, -0.1) is 0 Å². The number of hydrogen-bond acceptors (Lipinski definition) is 1. The van der Waals surface area contributed by atoms with E-state index in [1.165, 1.54) is 37.7 Å². The molecule has 0 aromatic heterocycles. The van der Waals surface area contributed by atoms with E-state index < -0.39 is 0 Å². The van der Waals surface area contributed by atoms with Crippen LogP contribution in [0.1, 0.15) is 44.6 Å². The zero-order valence-corrected chi connectivity index (χ0v) is 12.1. The fourth-order valence-corrected chi connectivity index (χ4v) is 2.90. The lowest BCUT2D eigenvalue weighted by Gasteiger charge is -2.28. The molecule has 0 spiro atoms. The second-order valence-electron chi connectivity index (χ2n) is 4.95. The van der Waals surface area contributed by atoms with Crippen LogP contribution in [0, 0.1) is 5.92 Å². The molecule has 1 aliphatic carbocycles. The molecule has 17 heavy (non-hydrogen) atoms. The smallest absolute Gasteiger partial charge is 0.120 e. The lowest BCUT2D eigenvalue weighted by molar-refractivity contribution is 0.130. The van der Waals surface area contributed by atoms with Crippen LogP contribution in [0.25, 0.3) is 0 Å². The Bertz CT molecular complexity index is 343. The van der Waals surface area contributed by atoms with E-state index in [4.69, 9.17) is 4.74 Å². The topological polar surface area (TPSA) is 9.23 Å². The van der Waals surface area contributed by atoms with Crippen molar-refractivity contribution in [2.24, 2.45) is 5.92 Å². The third-order valence-corrected chi connectivity index (χ3v) is 4.37. The molecule has 0 saturated heterocycles. The van der Waals surface area contributed by atoms with Crippen LogP contribution >= 0.6 is 15.9 Å². The maximum Gasteiger partial charge on any atom is 0.120 e. The summed E-state index contributed by atoms with van der Waals surface area (Å²) >= 11 is 3.48. The summed E-state index contributed by atoms with van der Waals surface area (Å²) in [6.45, 7) is 2.30. The number of alkyl halides is 1. The first-order chi connectivity index (χ1) is 8.31. The lowest BCUT2D eigenvalue weighted by atomic mass is 9.86. The van der Waals surface area contributed by atoms with Gasteiger partial charge in [-0.3, -0.25) is 0 Å². The maximum absolute atomic E-state index is 6.07. The Morgan fingerprint density at radius 1 is 1.24 bits per heavy atom. The van der Waals surface area contributed by atoms with Crippen molar-refractivity contribution in [3.05, 3.63) is 29.8 Å². The molecule has 0 amide bonds. The average molecular weight is 297 g/mol. The SMILES string of the molecule is CCC1CCC(Oc2cccc(CBr)c2)CC1. The molecular weight excluding hydrogens is 276 g/mol. The number of halogens is 1. The van der Waals surface area contributed by atoms with E-state index in [9.17, 15) is 0 Å². The first kappa shape index (κ1) is 12.9. The fraction of sp³-hybridized carbons (Fsp3) is 0.600. The highest BCUT2D eigenvalue weighted by atomic mass is 79.9. The summed E-state index contributed by atoms with van der Waals surface area (Å²) in [5.74, 6) is 1.96. The Balaban J connectivity index is 1.88. The van der Waals surface area contributed by atoms with Crippen LogP contribution in [0.5, 0.6) is 5.75 Å². The van der Waals surface area contributed by atoms with Gasteiger partial charge in [0, 0.05) is 5.33 Å². The van der Waals surface area contributed by atoms with Crippen LogP contribution < -0.4 is 4.74 Å². The van der Waals surface area contributed by atoms with Gasteiger partial charge in [0.1, 0.15) is 5.75 Å². The molecular formula is C15H21BrO. The molecule has 94 valence electrons. The summed E-state index contributed by atoms with van der Waals surface area (Å²) in [6, 6.07) is 8.40. The van der Waals surface area contributed by atoms with Gasteiger partial charge in [0.2, 0.25) is 0 Å². The normalized spacial score (nSPS) is 24.6. The molecule has 1 aromatic rings. The van der Waals surface area contributed by atoms with Gasteiger partial charge in [0.15, 0.2) is 0 Å². The van der Waals surface area contributed by atoms with Crippen molar-refractivity contribution in [2.75, 3.05) is 0 Å². The molecule has 0 radical (unpaired) electrons. The van der Waals surface area contributed by atoms with Crippen LogP contribution in [-0.4, -0.2) is 6.10 Å². The predicted molar refractivity (Wildman–Crippen MR) is 75.7 cm³/mol. The second-order valence-corrected chi connectivity index (χ2v) is 5.51. The van der Waals surface area contributed by atoms with Crippen molar-refractivity contribution in [1.29, 1.82) is 0 Å². The highest BCUT2D eigenvalue weighted by molar-refractivity contribution is 9.08. The minimum absolute atomic E-state index is 0.434. The highest BCUT2D eigenvalue weighted by Crippen LogP contribution is 2.29. The monoisotopic (exact) mass is 296 g/mol. The van der Waals surface area contributed by atoms with Crippen molar-refractivity contribution < 1.29 is 4.74 Å². The number of hydrogen-bond donors (Lipinski definition) is 0. The summed E-state index contributed by atoms with van der Waals surface area (Å²) in [7, 11) is 0. The van der Waals surface area contributed by atoms with Crippen molar-refractivity contribution in [2.45, 2.75) is 50.5 Å². The van der Waals surface area contributed by atoms with E-state index in [1.54, 1.807) is 0 Å². The van der Waals surface area contributed by atoms with Gasteiger partial charge in [-0.25, -0.2) is 0 Å². The van der Waals surface area contributed by atoms with Gasteiger partial charge in [-0.05, 0) is 49.3 Å². The van der Waals surface area contributed by atoms with Crippen LogP contribution in [0.4, 0.5) is 0 Å². The van der Waals surface area contributed by atoms with Gasteiger partial charge in [0.25, 0.3) is 0 Å². The molecule has 0 heterocycles. The zero-order valence-electron chi connectivity index (χ0n) is 10.5. The highest BCUT2D eigenvalue weighted by Gasteiger charge is 2.21. The Labute approximate surface area is 113 Å². The van der Waals surface area contributed by atoms with E-state index in [2.05, 4.69) is 47.1 Å². The first-order valence-corrected chi connectivity index (χ1v) is 7.75. The van der Waals surface area contributed by atoms with Gasteiger partial charge < -0.3 is 4.74 Å². The largest absolute Gasteiger partial charge is 0.490 e. The summed E-state index contributed by atoms with van der Waals surface area (Å²) < 4.78 is 6.07. The Morgan fingerprint density at radius 3 is 2.65 bits per heavy atom. The molecule has 1 saturated carbocycles. The van der Waals surface area contributed by atoms with Crippen molar-refractivity contribution in [3.63, 3.8) is 0 Å². The minimum atomic E-state index is 0.434. The standard InChI is InChI=1S/C15H21BrO/c1-2-12-6-8-14(9-7-12)17-15-5-3-4-13(10-15)11-16/h3-5,10,12,14H,2,6-9,11H2,1H3. The molecule has 1 fully saturated rings. The van der Waals surface area contributed by atoms with Crippen LogP contribution in [0.15, 0.2) is 24.3 Å². The van der Waals surface area contributed by atoms with Crippen LogP contribution in [0.2, 0.25) is 0 Å². The first-order valence-electron chi connectivity index (χ1n) is 6.63. The van der Waals surface area contributed by atoms with Crippen molar-refractivity contribution >= 4 is 15.9 Å². The summed E-state index contributed by atoms with van der Waals surface area (Å²) in [5.41, 5.74) is 1.28. The molecule has 1 aliphatic rings. The second kappa shape index (κ2) is 6.44. The van der Waals surface area contributed by atoms with Gasteiger partial charge in [-0.2, -0.15) is 0 Å². The van der Waals surface area contributed by atoms with Crippen molar-refractivity contribution in [1.82, 2.24) is 0 Å². The maximum atomic E-state index is 6.07. The van der Waals surface area contributed by atoms with Crippen LogP contribution in [-0.2, 0) is 5.33 Å². The molecule has 0 atom stereocenters. The fourth-order valence-electron chi connectivity index (χ4n) is 2.55. The quantitative estimate of drug-likeness (QED) is 0.716. The molecule has 2 heteroatoms. The Morgan fingerprint density at radius 2 is 2.00 bits per heavy atom.